The number of aromatic nitrogens is 1. The van der Waals surface area contributed by atoms with Gasteiger partial charge in [-0.25, -0.2) is 0 Å². The van der Waals surface area contributed by atoms with Crippen molar-refractivity contribution >= 4 is 16.6 Å². The highest BCUT2D eigenvalue weighted by atomic mass is 16.5. The van der Waals surface area contributed by atoms with Gasteiger partial charge >= 0.3 is 0 Å². The summed E-state index contributed by atoms with van der Waals surface area (Å²) in [5, 5.41) is 13.9. The monoisotopic (exact) mass is 308 g/mol. The number of hydrogen-bond acceptors (Lipinski definition) is 4. The van der Waals surface area contributed by atoms with Crippen LogP contribution in [0, 0.1) is 4.91 Å². The van der Waals surface area contributed by atoms with Gasteiger partial charge in [-0.1, -0.05) is 49.1 Å². The van der Waals surface area contributed by atoms with E-state index in [0.717, 1.165) is 11.1 Å². The molecule has 0 aliphatic carbocycles. The molecule has 0 saturated carbocycles. The Bertz CT molecular complexity index is 868. The molecular weight excluding hydrogens is 292 g/mol. The number of hydrogen-bond donors (Lipinski definition) is 1. The first-order valence-corrected chi connectivity index (χ1v) is 7.21. The second-order valence-corrected chi connectivity index (χ2v) is 5.07. The fourth-order valence-corrected chi connectivity index (χ4v) is 2.62. The zero-order valence-electron chi connectivity index (χ0n) is 12.5. The van der Waals surface area contributed by atoms with Crippen molar-refractivity contribution in [2.24, 2.45) is 5.18 Å². The van der Waals surface area contributed by atoms with E-state index in [1.54, 1.807) is 16.7 Å². The van der Waals surface area contributed by atoms with Crippen molar-refractivity contribution in [3.8, 4) is 11.6 Å². The summed E-state index contributed by atoms with van der Waals surface area (Å²) in [5.74, 6) is 0.574. The van der Waals surface area contributed by atoms with Gasteiger partial charge in [-0.15, -0.1) is 4.91 Å². The summed E-state index contributed by atoms with van der Waals surface area (Å²) in [6.45, 7) is 4.41. The maximum absolute atomic E-state index is 11.1. The summed E-state index contributed by atoms with van der Waals surface area (Å²) in [6, 6.07) is 14.8. The number of benzene rings is 2. The third kappa shape index (κ3) is 2.68. The Morgan fingerprint density at radius 2 is 1.91 bits per heavy atom. The van der Waals surface area contributed by atoms with E-state index < -0.39 is 0 Å². The molecule has 2 aromatic carbocycles. The van der Waals surface area contributed by atoms with Crippen LogP contribution in [-0.2, 0) is 6.54 Å². The molecule has 1 N–H and O–H groups in total. The van der Waals surface area contributed by atoms with E-state index in [2.05, 4.69) is 11.8 Å². The van der Waals surface area contributed by atoms with Crippen LogP contribution in [-0.4, -0.2) is 16.3 Å². The van der Waals surface area contributed by atoms with E-state index in [4.69, 9.17) is 4.74 Å². The summed E-state index contributed by atoms with van der Waals surface area (Å²) >= 11 is 0. The molecule has 0 unspecified atom stereocenters. The number of ether oxygens (including phenoxy) is 1. The zero-order valence-corrected chi connectivity index (χ0v) is 12.5. The molecule has 1 heterocycles. The van der Waals surface area contributed by atoms with Crippen molar-refractivity contribution in [2.75, 3.05) is 6.61 Å². The number of nitrogens with zero attached hydrogens (tertiary/aromatic N) is 2. The highest BCUT2D eigenvalue weighted by molar-refractivity contribution is 5.95. The molecule has 0 radical (unpaired) electrons. The van der Waals surface area contributed by atoms with Gasteiger partial charge in [0.2, 0.25) is 5.88 Å². The molecule has 23 heavy (non-hydrogen) atoms. The Labute approximate surface area is 133 Å². The van der Waals surface area contributed by atoms with Gasteiger partial charge in [0.25, 0.3) is 0 Å². The van der Waals surface area contributed by atoms with Crippen LogP contribution in [0.4, 0.5) is 5.69 Å². The van der Waals surface area contributed by atoms with Crippen LogP contribution in [0.1, 0.15) is 5.56 Å². The summed E-state index contributed by atoms with van der Waals surface area (Å²) in [4.78, 5) is 11.1. The van der Waals surface area contributed by atoms with Gasteiger partial charge in [-0.05, 0) is 17.3 Å². The molecule has 3 aromatic rings. The van der Waals surface area contributed by atoms with Crippen molar-refractivity contribution < 1.29 is 9.84 Å². The quantitative estimate of drug-likeness (QED) is 0.543. The molecule has 0 aliphatic heterocycles. The molecule has 0 amide bonds. The molecule has 0 atom stereocenters. The lowest BCUT2D eigenvalue weighted by atomic mass is 10.2. The van der Waals surface area contributed by atoms with Gasteiger partial charge in [-0.2, -0.15) is 0 Å². The third-order valence-electron chi connectivity index (χ3n) is 3.67. The smallest absolute Gasteiger partial charge is 0.222 e. The van der Waals surface area contributed by atoms with Crippen LogP contribution in [0.3, 0.4) is 0 Å². The van der Waals surface area contributed by atoms with Gasteiger partial charge in [0.05, 0.1) is 12.1 Å². The summed E-state index contributed by atoms with van der Waals surface area (Å²) in [7, 11) is 0. The third-order valence-corrected chi connectivity index (χ3v) is 3.67. The molecule has 0 bridgehead atoms. The lowest BCUT2D eigenvalue weighted by Gasteiger charge is -2.12. The normalized spacial score (nSPS) is 10.6. The maximum atomic E-state index is 11.1. The van der Waals surface area contributed by atoms with Gasteiger partial charge in [-0.3, -0.25) is 0 Å². The van der Waals surface area contributed by atoms with E-state index in [1.165, 1.54) is 0 Å². The Kier molecular flexibility index (Phi) is 4.10. The molecule has 3 rings (SSSR count). The van der Waals surface area contributed by atoms with E-state index in [0.29, 0.717) is 24.3 Å². The molecule has 5 nitrogen and oxygen atoms in total. The number of rotatable bonds is 6. The number of nitroso groups, excluding NO2 is 1. The highest BCUT2D eigenvalue weighted by Gasteiger charge is 2.18. The number of fused-ring (bicyclic) bond motifs is 1. The van der Waals surface area contributed by atoms with Crippen LogP contribution in [0.2, 0.25) is 0 Å². The fraction of sp³-hybridized carbons (Fsp3) is 0.111. The molecule has 0 fully saturated rings. The van der Waals surface area contributed by atoms with Crippen LogP contribution >= 0.6 is 0 Å². The lowest BCUT2D eigenvalue weighted by Crippen LogP contribution is -2.03. The highest BCUT2D eigenvalue weighted by Crippen LogP contribution is 2.39. The zero-order chi connectivity index (χ0) is 16.2. The largest absolute Gasteiger partial charge is 0.493 e. The summed E-state index contributed by atoms with van der Waals surface area (Å²) in [5.41, 5.74) is 1.70. The van der Waals surface area contributed by atoms with Gasteiger partial charge in [0.1, 0.15) is 12.4 Å². The van der Waals surface area contributed by atoms with E-state index >= 15 is 0 Å². The van der Waals surface area contributed by atoms with Gasteiger partial charge in [0, 0.05) is 10.9 Å². The Balaban J connectivity index is 2.07. The summed E-state index contributed by atoms with van der Waals surface area (Å²) in [6.07, 6.45) is 1.67. The molecular formula is C18H16N2O3. The van der Waals surface area contributed by atoms with Crippen LogP contribution in [0.5, 0.6) is 11.6 Å². The Morgan fingerprint density at radius 3 is 2.70 bits per heavy atom. The van der Waals surface area contributed by atoms with Gasteiger partial charge in [0.15, 0.2) is 5.69 Å². The molecule has 0 aliphatic rings. The van der Waals surface area contributed by atoms with Crippen molar-refractivity contribution in [3.63, 3.8) is 0 Å². The topological polar surface area (TPSA) is 63.8 Å². The fourth-order valence-electron chi connectivity index (χ4n) is 2.62. The molecule has 0 saturated heterocycles. The number of aromatic hydroxyl groups is 1. The van der Waals surface area contributed by atoms with Crippen LogP contribution in [0.15, 0.2) is 66.4 Å². The SMILES string of the molecule is C=CCOc1ccccc1Cn1c(O)c(N=O)c2ccccc21. The first-order valence-electron chi connectivity index (χ1n) is 7.21. The molecule has 116 valence electrons. The predicted octanol–water partition coefficient (Wildman–Crippen LogP) is 4.36. The average molecular weight is 308 g/mol. The van der Waals surface area contributed by atoms with Crippen LogP contribution < -0.4 is 4.74 Å². The lowest BCUT2D eigenvalue weighted by molar-refractivity contribution is 0.357. The average Bonchev–Trinajstić information content (AvgIpc) is 2.86. The minimum absolute atomic E-state index is 0.0603. The minimum Gasteiger partial charge on any atom is -0.493 e. The van der Waals surface area contributed by atoms with E-state index in [1.807, 2.05) is 42.5 Å². The maximum Gasteiger partial charge on any atom is 0.222 e. The first kappa shape index (κ1) is 14.8. The second-order valence-electron chi connectivity index (χ2n) is 5.07. The van der Waals surface area contributed by atoms with Crippen LogP contribution in [0.25, 0.3) is 10.9 Å². The van der Waals surface area contributed by atoms with E-state index in [-0.39, 0.29) is 11.6 Å². The van der Waals surface area contributed by atoms with Crippen molar-refractivity contribution in [1.82, 2.24) is 4.57 Å². The van der Waals surface area contributed by atoms with Crippen molar-refractivity contribution in [1.29, 1.82) is 0 Å². The molecule has 1 aromatic heterocycles. The molecule has 5 heteroatoms. The number of para-hydroxylation sites is 2. The van der Waals surface area contributed by atoms with E-state index in [9.17, 15) is 10.0 Å². The Morgan fingerprint density at radius 1 is 1.17 bits per heavy atom. The second kappa shape index (κ2) is 6.36. The predicted molar refractivity (Wildman–Crippen MR) is 90.3 cm³/mol. The standard InChI is InChI=1S/C18H16N2O3/c1-2-11-23-16-10-6-3-7-13(16)12-20-15-9-5-4-8-14(15)17(19-22)18(20)21/h2-10,21H,1,11-12H2. The Hall–Kier alpha value is -3.08. The van der Waals surface area contributed by atoms with Gasteiger partial charge < -0.3 is 14.4 Å². The summed E-state index contributed by atoms with van der Waals surface area (Å²) < 4.78 is 7.30. The molecule has 0 spiro atoms. The minimum atomic E-state index is -0.139. The first-order chi connectivity index (χ1) is 11.3. The van der Waals surface area contributed by atoms with Crippen molar-refractivity contribution in [2.45, 2.75) is 6.54 Å². The van der Waals surface area contributed by atoms with Crippen molar-refractivity contribution in [3.05, 3.63) is 71.7 Å².